The van der Waals surface area contributed by atoms with Crippen LogP contribution < -0.4 is 5.32 Å². The summed E-state index contributed by atoms with van der Waals surface area (Å²) in [5.74, 6) is 0.345. The summed E-state index contributed by atoms with van der Waals surface area (Å²) < 4.78 is 26.5. The maximum atomic E-state index is 12.5. The highest BCUT2D eigenvalue weighted by Crippen LogP contribution is 2.32. The second-order valence-electron chi connectivity index (χ2n) is 4.63. The van der Waals surface area contributed by atoms with Crippen molar-refractivity contribution in [2.75, 3.05) is 26.7 Å². The average molecular weight is 360 g/mol. The highest BCUT2D eigenvalue weighted by molar-refractivity contribution is 7.89. The van der Waals surface area contributed by atoms with Crippen molar-refractivity contribution < 1.29 is 8.42 Å². The van der Waals surface area contributed by atoms with E-state index >= 15 is 0 Å². The molecule has 0 spiro atoms. The van der Waals surface area contributed by atoms with Crippen molar-refractivity contribution >= 4 is 45.6 Å². The SMILES string of the molecule is CNCC1CCN(S(=O)(=O)c2cccc(Cl)c2Cl)C1.Cl. The van der Waals surface area contributed by atoms with Gasteiger partial charge in [0, 0.05) is 13.1 Å². The second kappa shape index (κ2) is 7.29. The number of rotatable bonds is 4. The lowest BCUT2D eigenvalue weighted by atomic mass is 10.1. The van der Waals surface area contributed by atoms with Crippen LogP contribution in [-0.4, -0.2) is 39.4 Å². The van der Waals surface area contributed by atoms with E-state index in [0.29, 0.717) is 19.0 Å². The van der Waals surface area contributed by atoms with Gasteiger partial charge in [0.25, 0.3) is 0 Å². The summed E-state index contributed by atoms with van der Waals surface area (Å²) in [6, 6.07) is 4.67. The molecule has 4 nitrogen and oxygen atoms in total. The molecule has 20 heavy (non-hydrogen) atoms. The minimum Gasteiger partial charge on any atom is -0.319 e. The first kappa shape index (κ1) is 18.0. The fraction of sp³-hybridized carbons (Fsp3) is 0.500. The minimum absolute atomic E-state index is 0. The van der Waals surface area contributed by atoms with Crippen molar-refractivity contribution in [1.29, 1.82) is 0 Å². The molecule has 1 aromatic carbocycles. The largest absolute Gasteiger partial charge is 0.319 e. The molecule has 1 saturated heterocycles. The molecule has 0 radical (unpaired) electrons. The number of halogens is 3. The summed E-state index contributed by atoms with van der Waals surface area (Å²) in [4.78, 5) is 0.0896. The number of nitrogens with zero attached hydrogens (tertiary/aromatic N) is 1. The van der Waals surface area contributed by atoms with E-state index in [2.05, 4.69) is 5.32 Å². The summed E-state index contributed by atoms with van der Waals surface area (Å²) in [6.45, 7) is 1.86. The topological polar surface area (TPSA) is 49.4 Å². The van der Waals surface area contributed by atoms with Crippen LogP contribution in [0.3, 0.4) is 0 Å². The maximum Gasteiger partial charge on any atom is 0.244 e. The Morgan fingerprint density at radius 1 is 1.40 bits per heavy atom. The monoisotopic (exact) mass is 358 g/mol. The zero-order valence-corrected chi connectivity index (χ0v) is 14.1. The molecule has 8 heteroatoms. The van der Waals surface area contributed by atoms with Crippen LogP contribution in [0.2, 0.25) is 10.0 Å². The van der Waals surface area contributed by atoms with Gasteiger partial charge in [0.15, 0.2) is 0 Å². The molecular weight excluding hydrogens is 343 g/mol. The molecule has 1 aromatic rings. The number of hydrogen-bond donors (Lipinski definition) is 1. The Labute approximate surface area is 135 Å². The van der Waals surface area contributed by atoms with Crippen LogP contribution in [0.4, 0.5) is 0 Å². The third-order valence-corrected chi connectivity index (χ3v) is 6.11. The lowest BCUT2D eigenvalue weighted by molar-refractivity contribution is 0.451. The molecule has 1 N–H and O–H groups in total. The number of sulfonamides is 1. The highest BCUT2D eigenvalue weighted by Gasteiger charge is 2.33. The Bertz CT molecular complexity index is 566. The van der Waals surface area contributed by atoms with Gasteiger partial charge in [-0.3, -0.25) is 0 Å². The molecule has 1 heterocycles. The van der Waals surface area contributed by atoms with E-state index in [9.17, 15) is 8.42 Å². The van der Waals surface area contributed by atoms with E-state index in [0.717, 1.165) is 13.0 Å². The summed E-state index contributed by atoms with van der Waals surface area (Å²) in [6.07, 6.45) is 0.859. The third kappa shape index (κ3) is 3.59. The first-order chi connectivity index (χ1) is 8.96. The van der Waals surface area contributed by atoms with E-state index in [-0.39, 0.29) is 27.3 Å². The van der Waals surface area contributed by atoms with Gasteiger partial charge in [-0.15, -0.1) is 12.4 Å². The van der Waals surface area contributed by atoms with Crippen molar-refractivity contribution in [2.45, 2.75) is 11.3 Å². The molecular formula is C12H17Cl3N2O2S. The molecule has 1 unspecified atom stereocenters. The minimum atomic E-state index is -3.55. The fourth-order valence-corrected chi connectivity index (χ4v) is 4.56. The van der Waals surface area contributed by atoms with Gasteiger partial charge in [0.1, 0.15) is 4.90 Å². The zero-order valence-electron chi connectivity index (χ0n) is 11.0. The van der Waals surface area contributed by atoms with Crippen LogP contribution in [0.15, 0.2) is 23.1 Å². The Morgan fingerprint density at radius 3 is 2.75 bits per heavy atom. The van der Waals surface area contributed by atoms with Crippen molar-refractivity contribution in [1.82, 2.24) is 9.62 Å². The Kier molecular flexibility index (Phi) is 6.57. The van der Waals surface area contributed by atoms with Crippen LogP contribution in [-0.2, 0) is 10.0 Å². The van der Waals surface area contributed by atoms with Crippen molar-refractivity contribution in [3.05, 3.63) is 28.2 Å². The average Bonchev–Trinajstić information content (AvgIpc) is 2.82. The normalized spacial score (nSPS) is 19.9. The van der Waals surface area contributed by atoms with Crippen molar-refractivity contribution in [3.63, 3.8) is 0 Å². The molecule has 2 rings (SSSR count). The Hall–Kier alpha value is -0.0400. The lowest BCUT2D eigenvalue weighted by Gasteiger charge is -2.17. The van der Waals surface area contributed by atoms with E-state index in [1.807, 2.05) is 7.05 Å². The van der Waals surface area contributed by atoms with Gasteiger partial charge in [-0.1, -0.05) is 29.3 Å². The number of benzene rings is 1. The first-order valence-corrected chi connectivity index (χ1v) is 8.25. The molecule has 1 aliphatic heterocycles. The molecule has 0 aromatic heterocycles. The van der Waals surface area contributed by atoms with Gasteiger partial charge in [-0.25, -0.2) is 8.42 Å². The molecule has 0 aliphatic carbocycles. The fourth-order valence-electron chi connectivity index (χ4n) is 2.29. The third-order valence-electron chi connectivity index (χ3n) is 3.28. The van der Waals surface area contributed by atoms with E-state index in [4.69, 9.17) is 23.2 Å². The van der Waals surface area contributed by atoms with Gasteiger partial charge in [-0.05, 0) is 38.1 Å². The summed E-state index contributed by atoms with van der Waals surface area (Å²) in [7, 11) is -1.69. The quantitative estimate of drug-likeness (QED) is 0.899. The van der Waals surface area contributed by atoms with Crippen LogP contribution in [0.5, 0.6) is 0 Å². The zero-order chi connectivity index (χ0) is 14.0. The Balaban J connectivity index is 0.00000200. The molecule has 1 aliphatic rings. The van der Waals surface area contributed by atoms with Crippen molar-refractivity contribution in [3.8, 4) is 0 Å². The van der Waals surface area contributed by atoms with Gasteiger partial charge in [-0.2, -0.15) is 4.31 Å². The molecule has 0 bridgehead atoms. The van der Waals surface area contributed by atoms with Crippen LogP contribution >= 0.6 is 35.6 Å². The first-order valence-electron chi connectivity index (χ1n) is 6.05. The van der Waals surface area contributed by atoms with Crippen LogP contribution in [0, 0.1) is 5.92 Å². The summed E-state index contributed by atoms with van der Waals surface area (Å²) in [5, 5.41) is 3.43. The second-order valence-corrected chi connectivity index (χ2v) is 7.32. The number of hydrogen-bond acceptors (Lipinski definition) is 3. The molecule has 0 amide bonds. The summed E-state index contributed by atoms with van der Waals surface area (Å²) >= 11 is 11.9. The smallest absolute Gasteiger partial charge is 0.244 e. The predicted octanol–water partition coefficient (Wildman–Crippen LogP) is 2.65. The van der Waals surface area contributed by atoms with Crippen LogP contribution in [0.25, 0.3) is 0 Å². The standard InChI is InChI=1S/C12H16Cl2N2O2S.ClH/c1-15-7-9-5-6-16(8-9)19(17,18)11-4-2-3-10(13)12(11)14;/h2-4,9,15H,5-8H2,1H3;1H. The molecule has 1 fully saturated rings. The predicted molar refractivity (Wildman–Crippen MR) is 84.5 cm³/mol. The lowest BCUT2D eigenvalue weighted by Crippen LogP contribution is -2.30. The molecule has 1 atom stereocenters. The van der Waals surface area contributed by atoms with Gasteiger partial charge < -0.3 is 5.32 Å². The van der Waals surface area contributed by atoms with Crippen molar-refractivity contribution in [2.24, 2.45) is 5.92 Å². The van der Waals surface area contributed by atoms with Crippen LogP contribution in [0.1, 0.15) is 6.42 Å². The molecule has 0 saturated carbocycles. The van der Waals surface area contributed by atoms with E-state index in [1.165, 1.54) is 10.4 Å². The van der Waals surface area contributed by atoms with Gasteiger partial charge in [0.05, 0.1) is 10.0 Å². The number of nitrogens with one attached hydrogen (secondary N) is 1. The van der Waals surface area contributed by atoms with Gasteiger partial charge in [0.2, 0.25) is 10.0 Å². The van der Waals surface area contributed by atoms with E-state index in [1.54, 1.807) is 12.1 Å². The Morgan fingerprint density at radius 2 is 2.10 bits per heavy atom. The summed E-state index contributed by atoms with van der Waals surface area (Å²) in [5.41, 5.74) is 0. The molecule has 114 valence electrons. The maximum absolute atomic E-state index is 12.5. The van der Waals surface area contributed by atoms with E-state index < -0.39 is 10.0 Å². The van der Waals surface area contributed by atoms with Gasteiger partial charge >= 0.3 is 0 Å². The highest BCUT2D eigenvalue weighted by atomic mass is 35.5.